The summed E-state index contributed by atoms with van der Waals surface area (Å²) >= 11 is 0. The Labute approximate surface area is 152 Å². The number of hydrogen-bond acceptors (Lipinski definition) is 7. The molecule has 1 aromatic rings. The fraction of sp³-hybridized carbons (Fsp3) is 0.438. The zero-order valence-corrected chi connectivity index (χ0v) is 15.8. The van der Waals surface area contributed by atoms with Crippen LogP contribution in [0, 0.1) is 11.3 Å². The zero-order valence-electron chi connectivity index (χ0n) is 15.0. The summed E-state index contributed by atoms with van der Waals surface area (Å²) in [4.78, 5) is 25.4. The molecule has 0 aliphatic rings. The third-order valence-corrected chi connectivity index (χ3v) is 4.96. The van der Waals surface area contributed by atoms with Crippen molar-refractivity contribution in [1.82, 2.24) is 9.62 Å². The monoisotopic (exact) mass is 383 g/mol. The lowest BCUT2D eigenvalue weighted by Gasteiger charge is -2.20. The van der Waals surface area contributed by atoms with E-state index in [4.69, 9.17) is 14.7 Å². The van der Waals surface area contributed by atoms with Crippen molar-refractivity contribution in [3.05, 3.63) is 23.8 Å². The van der Waals surface area contributed by atoms with Crippen molar-refractivity contribution in [2.24, 2.45) is 0 Å². The van der Waals surface area contributed by atoms with Crippen molar-refractivity contribution in [3.8, 4) is 11.8 Å². The van der Waals surface area contributed by atoms with E-state index in [2.05, 4.69) is 4.72 Å². The maximum absolute atomic E-state index is 12.3. The average molecular weight is 383 g/mol. The van der Waals surface area contributed by atoms with Crippen LogP contribution in [0.2, 0.25) is 0 Å². The van der Waals surface area contributed by atoms with E-state index in [1.165, 1.54) is 45.2 Å². The Hall–Kier alpha value is -2.64. The topological polar surface area (TPSA) is 126 Å². The lowest BCUT2D eigenvalue weighted by molar-refractivity contribution is -0.138. The number of sulfonamides is 1. The first-order chi connectivity index (χ1) is 12.2. The minimum atomic E-state index is -3.85. The third kappa shape index (κ3) is 5.18. The summed E-state index contributed by atoms with van der Waals surface area (Å²) in [6, 6.07) is 5.70. The van der Waals surface area contributed by atoms with Gasteiger partial charge in [0.15, 0.2) is 6.10 Å². The van der Waals surface area contributed by atoms with Gasteiger partial charge in [-0.1, -0.05) is 0 Å². The smallest absolute Gasteiger partial charge is 0.338 e. The van der Waals surface area contributed by atoms with E-state index in [9.17, 15) is 18.0 Å². The van der Waals surface area contributed by atoms with E-state index >= 15 is 0 Å². The van der Waals surface area contributed by atoms with Gasteiger partial charge in [-0.3, -0.25) is 4.79 Å². The summed E-state index contributed by atoms with van der Waals surface area (Å²) in [5, 5.41) is 8.55. The lowest BCUT2D eigenvalue weighted by Crippen LogP contribution is -2.37. The molecule has 10 heteroatoms. The van der Waals surface area contributed by atoms with Crippen LogP contribution in [0.1, 0.15) is 23.7 Å². The maximum atomic E-state index is 12.3. The highest BCUT2D eigenvalue weighted by molar-refractivity contribution is 7.89. The van der Waals surface area contributed by atoms with Crippen LogP contribution in [0.15, 0.2) is 23.1 Å². The van der Waals surface area contributed by atoms with E-state index in [0.717, 1.165) is 6.07 Å². The Morgan fingerprint density at radius 2 is 2.04 bits per heavy atom. The van der Waals surface area contributed by atoms with E-state index < -0.39 is 28.0 Å². The van der Waals surface area contributed by atoms with Gasteiger partial charge in [0.2, 0.25) is 10.0 Å². The van der Waals surface area contributed by atoms with E-state index in [-0.39, 0.29) is 29.2 Å². The number of hydrogen-bond donors (Lipinski definition) is 1. The maximum Gasteiger partial charge on any atom is 0.338 e. The van der Waals surface area contributed by atoms with Gasteiger partial charge in [-0.05, 0) is 32.2 Å². The Balaban J connectivity index is 2.99. The summed E-state index contributed by atoms with van der Waals surface area (Å²) in [5.41, 5.74) is -0.0426. The summed E-state index contributed by atoms with van der Waals surface area (Å²) < 4.78 is 36.3. The fourth-order valence-corrected chi connectivity index (χ4v) is 2.96. The Bertz CT molecular complexity index is 816. The van der Waals surface area contributed by atoms with Crippen molar-refractivity contribution in [2.45, 2.75) is 24.3 Å². The molecule has 0 aromatic heterocycles. The highest BCUT2D eigenvalue weighted by Crippen LogP contribution is 2.25. The molecule has 1 rings (SSSR count). The molecule has 0 spiro atoms. The Kier molecular flexibility index (Phi) is 7.55. The average Bonchev–Trinajstić information content (AvgIpc) is 2.64. The van der Waals surface area contributed by atoms with Crippen LogP contribution in [0.5, 0.6) is 5.75 Å². The van der Waals surface area contributed by atoms with Gasteiger partial charge in [-0.25, -0.2) is 17.9 Å². The quantitative estimate of drug-likeness (QED) is 0.649. The number of methoxy groups -OCH3 is 1. The van der Waals surface area contributed by atoms with Gasteiger partial charge in [0.25, 0.3) is 5.91 Å². The van der Waals surface area contributed by atoms with Crippen LogP contribution in [0.25, 0.3) is 0 Å². The summed E-state index contributed by atoms with van der Waals surface area (Å²) in [7, 11) is 0.180. The molecule has 1 atom stereocenters. The van der Waals surface area contributed by atoms with E-state index in [1.807, 2.05) is 6.07 Å². The normalized spacial score (nSPS) is 12.0. The fourth-order valence-electron chi connectivity index (χ4n) is 2.04. The lowest BCUT2D eigenvalue weighted by atomic mass is 10.2. The first kappa shape index (κ1) is 21.4. The number of nitrogens with zero attached hydrogens (tertiary/aromatic N) is 2. The largest absolute Gasteiger partial charge is 0.495 e. The number of esters is 1. The molecule has 0 unspecified atom stereocenters. The first-order valence-electron chi connectivity index (χ1n) is 7.62. The second kappa shape index (κ2) is 9.17. The SMILES string of the molecule is CNS(=O)(=O)c1cc(C(=O)O[C@@H](C)C(=O)N(C)CCC#N)ccc1OC. The number of carbonyl (C=O) groups is 2. The van der Waals surface area contributed by atoms with E-state index in [0.29, 0.717) is 0 Å². The van der Waals surface area contributed by atoms with Crippen molar-refractivity contribution in [1.29, 1.82) is 5.26 Å². The van der Waals surface area contributed by atoms with Gasteiger partial charge >= 0.3 is 5.97 Å². The second-order valence-electron chi connectivity index (χ2n) is 5.29. The molecule has 0 fully saturated rings. The Morgan fingerprint density at radius 1 is 1.38 bits per heavy atom. The van der Waals surface area contributed by atoms with Crippen LogP contribution in [-0.2, 0) is 19.6 Å². The zero-order chi connectivity index (χ0) is 19.9. The molecule has 26 heavy (non-hydrogen) atoms. The highest BCUT2D eigenvalue weighted by Gasteiger charge is 2.24. The van der Waals surface area contributed by atoms with Gasteiger partial charge in [0.1, 0.15) is 10.6 Å². The van der Waals surface area contributed by atoms with Crippen LogP contribution in [0.4, 0.5) is 0 Å². The third-order valence-electron chi connectivity index (χ3n) is 3.52. The standard InChI is InChI=1S/C16H21N3O6S/c1-11(15(20)19(3)9-5-8-17)25-16(21)12-6-7-13(24-4)14(10-12)26(22,23)18-2/h6-7,10-11,18H,5,9H2,1-4H3/t11-/m0/s1. The molecule has 0 saturated heterocycles. The van der Waals surface area contributed by atoms with Gasteiger partial charge in [0, 0.05) is 13.6 Å². The summed E-state index contributed by atoms with van der Waals surface area (Å²) in [6.07, 6.45) is -0.926. The van der Waals surface area contributed by atoms with Crippen molar-refractivity contribution >= 4 is 21.9 Å². The Morgan fingerprint density at radius 3 is 2.58 bits per heavy atom. The number of likely N-dealkylation sites (N-methyl/N-ethyl adjacent to an activating group) is 1. The summed E-state index contributed by atoms with van der Waals surface area (Å²) in [6.45, 7) is 1.61. The predicted octanol–water partition coefficient (Wildman–Crippen LogP) is 0.521. The molecule has 0 aliphatic heterocycles. The van der Waals surface area contributed by atoms with Crippen LogP contribution in [0.3, 0.4) is 0 Å². The van der Waals surface area contributed by atoms with Crippen molar-refractivity contribution < 1.29 is 27.5 Å². The molecule has 1 aromatic carbocycles. The molecule has 0 radical (unpaired) electrons. The van der Waals surface area contributed by atoms with Gasteiger partial charge < -0.3 is 14.4 Å². The molecular weight excluding hydrogens is 362 g/mol. The first-order valence-corrected chi connectivity index (χ1v) is 9.10. The highest BCUT2D eigenvalue weighted by atomic mass is 32.2. The van der Waals surface area contributed by atoms with Gasteiger partial charge in [0.05, 0.1) is 25.2 Å². The van der Waals surface area contributed by atoms with Gasteiger partial charge in [-0.2, -0.15) is 5.26 Å². The van der Waals surface area contributed by atoms with E-state index in [1.54, 1.807) is 0 Å². The van der Waals surface area contributed by atoms with Gasteiger partial charge in [-0.15, -0.1) is 0 Å². The predicted molar refractivity (Wildman–Crippen MR) is 92.0 cm³/mol. The summed E-state index contributed by atoms with van der Waals surface area (Å²) in [5.74, 6) is -1.25. The van der Waals surface area contributed by atoms with Crippen LogP contribution < -0.4 is 9.46 Å². The number of ether oxygens (including phenoxy) is 2. The number of nitrogens with one attached hydrogen (secondary N) is 1. The van der Waals surface area contributed by atoms with Crippen molar-refractivity contribution in [2.75, 3.05) is 27.7 Å². The van der Waals surface area contributed by atoms with Crippen LogP contribution in [-0.4, -0.2) is 59.0 Å². The number of carbonyl (C=O) groups excluding carboxylic acids is 2. The molecule has 0 aliphatic carbocycles. The molecule has 1 amide bonds. The minimum Gasteiger partial charge on any atom is -0.495 e. The molecule has 0 saturated carbocycles. The minimum absolute atomic E-state index is 0.0426. The number of benzene rings is 1. The molecule has 142 valence electrons. The molecule has 0 heterocycles. The van der Waals surface area contributed by atoms with Crippen LogP contribution >= 0.6 is 0 Å². The second-order valence-corrected chi connectivity index (χ2v) is 7.14. The molecule has 0 bridgehead atoms. The number of rotatable bonds is 8. The van der Waals surface area contributed by atoms with Crippen molar-refractivity contribution in [3.63, 3.8) is 0 Å². The molecular formula is C16H21N3O6S. The molecule has 9 nitrogen and oxygen atoms in total. The number of nitriles is 1. The molecule has 1 N–H and O–H groups in total. The number of amides is 1.